The number of aryl methyl sites for hydroxylation is 2. The van der Waals surface area contributed by atoms with E-state index in [9.17, 15) is 4.79 Å². The van der Waals surface area contributed by atoms with Gasteiger partial charge in [0.2, 0.25) is 0 Å². The van der Waals surface area contributed by atoms with Crippen LogP contribution in [-0.4, -0.2) is 43.2 Å². The van der Waals surface area contributed by atoms with Crippen LogP contribution >= 0.6 is 0 Å². The number of benzene rings is 1. The molecule has 1 fully saturated rings. The van der Waals surface area contributed by atoms with Gasteiger partial charge in [0.25, 0.3) is 0 Å². The lowest BCUT2D eigenvalue weighted by atomic mass is 10.1. The van der Waals surface area contributed by atoms with Crippen LogP contribution in [0.25, 0.3) is 0 Å². The minimum atomic E-state index is -0.143. The van der Waals surface area contributed by atoms with Gasteiger partial charge in [0, 0.05) is 12.6 Å². The van der Waals surface area contributed by atoms with Gasteiger partial charge < -0.3 is 9.47 Å². The van der Waals surface area contributed by atoms with Gasteiger partial charge in [-0.3, -0.25) is 9.69 Å². The monoisotopic (exact) mass is 291 g/mol. The van der Waals surface area contributed by atoms with Crippen LogP contribution in [0.4, 0.5) is 0 Å². The van der Waals surface area contributed by atoms with Crippen molar-refractivity contribution in [1.82, 2.24) is 4.90 Å². The smallest absolute Gasteiger partial charge is 0.320 e. The van der Waals surface area contributed by atoms with Crippen molar-refractivity contribution < 1.29 is 14.3 Å². The van der Waals surface area contributed by atoms with Crippen LogP contribution in [0.15, 0.2) is 18.2 Å². The summed E-state index contributed by atoms with van der Waals surface area (Å²) >= 11 is 0. The normalized spacial score (nSPS) is 14.3. The van der Waals surface area contributed by atoms with Gasteiger partial charge >= 0.3 is 5.97 Å². The SMILES string of the molecule is CCOC(=O)CN(CCOc1cc(C)cc(C)c1)C1CC1. The molecule has 0 atom stereocenters. The molecule has 1 aliphatic rings. The molecule has 0 saturated heterocycles. The number of hydrogen-bond acceptors (Lipinski definition) is 4. The van der Waals surface area contributed by atoms with Crippen molar-refractivity contribution in [1.29, 1.82) is 0 Å². The second-order valence-electron chi connectivity index (χ2n) is 5.68. The molecule has 0 bridgehead atoms. The Morgan fingerprint density at radius 3 is 2.48 bits per heavy atom. The molecule has 0 amide bonds. The average Bonchev–Trinajstić information content (AvgIpc) is 3.21. The van der Waals surface area contributed by atoms with Crippen LogP contribution in [0, 0.1) is 13.8 Å². The Labute approximate surface area is 127 Å². The predicted molar refractivity (Wildman–Crippen MR) is 82.6 cm³/mol. The number of carbonyl (C=O) groups is 1. The number of esters is 1. The lowest BCUT2D eigenvalue weighted by molar-refractivity contribution is -0.144. The van der Waals surface area contributed by atoms with Gasteiger partial charge in [0.1, 0.15) is 12.4 Å². The molecule has 116 valence electrons. The third kappa shape index (κ3) is 5.38. The van der Waals surface area contributed by atoms with E-state index in [4.69, 9.17) is 9.47 Å². The lowest BCUT2D eigenvalue weighted by Gasteiger charge is -2.21. The first-order valence-electron chi connectivity index (χ1n) is 7.69. The largest absolute Gasteiger partial charge is 0.492 e. The van der Waals surface area contributed by atoms with Crippen molar-refractivity contribution >= 4 is 5.97 Å². The van der Waals surface area contributed by atoms with Gasteiger partial charge in [-0.15, -0.1) is 0 Å². The molecule has 0 unspecified atom stereocenters. The summed E-state index contributed by atoms with van der Waals surface area (Å²) in [4.78, 5) is 13.8. The van der Waals surface area contributed by atoms with E-state index in [2.05, 4.69) is 24.8 Å². The molecule has 4 nitrogen and oxygen atoms in total. The fourth-order valence-electron chi connectivity index (χ4n) is 2.50. The summed E-state index contributed by atoms with van der Waals surface area (Å²) in [6.07, 6.45) is 2.34. The van der Waals surface area contributed by atoms with Gasteiger partial charge in [-0.05, 0) is 56.9 Å². The maximum absolute atomic E-state index is 11.6. The zero-order valence-corrected chi connectivity index (χ0v) is 13.2. The summed E-state index contributed by atoms with van der Waals surface area (Å²) in [6, 6.07) is 6.74. The summed E-state index contributed by atoms with van der Waals surface area (Å²) in [5.74, 6) is 0.759. The Morgan fingerprint density at radius 2 is 1.90 bits per heavy atom. The highest BCUT2D eigenvalue weighted by Crippen LogP contribution is 2.26. The highest BCUT2D eigenvalue weighted by molar-refractivity contribution is 5.71. The van der Waals surface area contributed by atoms with Crippen molar-refractivity contribution in [2.75, 3.05) is 26.3 Å². The number of hydrogen-bond donors (Lipinski definition) is 0. The number of carbonyl (C=O) groups excluding carboxylic acids is 1. The molecule has 0 radical (unpaired) electrons. The van der Waals surface area contributed by atoms with E-state index in [1.165, 1.54) is 24.0 Å². The molecule has 21 heavy (non-hydrogen) atoms. The summed E-state index contributed by atoms with van der Waals surface area (Å²) in [7, 11) is 0. The molecular formula is C17H25NO3. The maximum atomic E-state index is 11.6. The zero-order valence-electron chi connectivity index (χ0n) is 13.2. The number of nitrogens with zero attached hydrogens (tertiary/aromatic N) is 1. The van der Waals surface area contributed by atoms with Crippen molar-refractivity contribution in [2.24, 2.45) is 0 Å². The zero-order chi connectivity index (χ0) is 15.2. The van der Waals surface area contributed by atoms with Gasteiger partial charge in [0.15, 0.2) is 0 Å². The molecule has 4 heteroatoms. The fraction of sp³-hybridized carbons (Fsp3) is 0.588. The van der Waals surface area contributed by atoms with Crippen molar-refractivity contribution in [3.8, 4) is 5.75 Å². The Kier molecular flexibility index (Phi) is 5.62. The number of rotatable bonds is 8. The summed E-state index contributed by atoms with van der Waals surface area (Å²) in [5, 5.41) is 0. The van der Waals surface area contributed by atoms with Gasteiger partial charge in [-0.2, -0.15) is 0 Å². The van der Waals surface area contributed by atoms with E-state index in [0.717, 1.165) is 12.3 Å². The van der Waals surface area contributed by atoms with Gasteiger partial charge in [-0.25, -0.2) is 0 Å². The first-order valence-corrected chi connectivity index (χ1v) is 7.69. The van der Waals surface area contributed by atoms with E-state index in [-0.39, 0.29) is 5.97 Å². The first kappa shape index (κ1) is 15.8. The van der Waals surface area contributed by atoms with Crippen LogP contribution in [0.5, 0.6) is 5.75 Å². The van der Waals surface area contributed by atoms with Crippen molar-refractivity contribution in [2.45, 2.75) is 39.7 Å². The fourth-order valence-corrected chi connectivity index (χ4v) is 2.50. The van der Waals surface area contributed by atoms with Crippen LogP contribution in [0.2, 0.25) is 0 Å². The Hall–Kier alpha value is -1.55. The molecule has 0 aromatic heterocycles. The first-order chi connectivity index (χ1) is 10.1. The average molecular weight is 291 g/mol. The molecule has 1 saturated carbocycles. The summed E-state index contributed by atoms with van der Waals surface area (Å²) < 4.78 is 10.8. The van der Waals surface area contributed by atoms with E-state index in [1.807, 2.05) is 19.1 Å². The minimum Gasteiger partial charge on any atom is -0.492 e. The minimum absolute atomic E-state index is 0.143. The predicted octanol–water partition coefficient (Wildman–Crippen LogP) is 2.71. The molecule has 1 aromatic rings. The van der Waals surface area contributed by atoms with E-state index >= 15 is 0 Å². The summed E-state index contributed by atoms with van der Waals surface area (Å²) in [6.45, 7) is 8.14. The standard InChI is InChI=1S/C17H25NO3/c1-4-20-17(19)12-18(15-5-6-15)7-8-21-16-10-13(2)9-14(3)11-16/h9-11,15H,4-8,12H2,1-3H3. The Bertz CT molecular complexity index is 463. The lowest BCUT2D eigenvalue weighted by Crippen LogP contribution is -2.36. The molecule has 2 rings (SSSR count). The third-order valence-corrected chi connectivity index (χ3v) is 3.54. The third-order valence-electron chi connectivity index (χ3n) is 3.54. The van der Waals surface area contributed by atoms with Gasteiger partial charge in [-0.1, -0.05) is 6.07 Å². The molecule has 1 aromatic carbocycles. The number of ether oxygens (including phenoxy) is 2. The molecule has 0 spiro atoms. The van der Waals surface area contributed by atoms with Crippen LogP contribution < -0.4 is 4.74 Å². The van der Waals surface area contributed by atoms with Crippen molar-refractivity contribution in [3.05, 3.63) is 29.3 Å². The molecule has 0 heterocycles. The van der Waals surface area contributed by atoms with E-state index in [0.29, 0.717) is 25.8 Å². The van der Waals surface area contributed by atoms with Gasteiger partial charge in [0.05, 0.1) is 13.2 Å². The maximum Gasteiger partial charge on any atom is 0.320 e. The van der Waals surface area contributed by atoms with E-state index in [1.54, 1.807) is 0 Å². The molecule has 0 N–H and O–H groups in total. The van der Waals surface area contributed by atoms with Crippen molar-refractivity contribution in [3.63, 3.8) is 0 Å². The van der Waals surface area contributed by atoms with Crippen LogP contribution in [0.1, 0.15) is 30.9 Å². The quantitative estimate of drug-likeness (QED) is 0.690. The van der Waals surface area contributed by atoms with Crippen LogP contribution in [-0.2, 0) is 9.53 Å². The Balaban J connectivity index is 1.80. The van der Waals surface area contributed by atoms with Crippen LogP contribution in [0.3, 0.4) is 0 Å². The topological polar surface area (TPSA) is 38.8 Å². The highest BCUT2D eigenvalue weighted by atomic mass is 16.5. The molecule has 0 aliphatic heterocycles. The molecule has 1 aliphatic carbocycles. The highest BCUT2D eigenvalue weighted by Gasteiger charge is 2.30. The second-order valence-corrected chi connectivity index (χ2v) is 5.68. The van der Waals surface area contributed by atoms with E-state index < -0.39 is 0 Å². The molecular weight excluding hydrogens is 266 g/mol. The second kappa shape index (κ2) is 7.46. The summed E-state index contributed by atoms with van der Waals surface area (Å²) in [5.41, 5.74) is 2.41. The Morgan fingerprint density at radius 1 is 1.24 bits per heavy atom.